The zero-order chi connectivity index (χ0) is 33.2. The minimum absolute atomic E-state index is 0.0262. The molecule has 1 aliphatic rings. The molecule has 6 unspecified atom stereocenters. The Kier molecular flexibility index (Phi) is 14.7. The number of thiazole rings is 1. The summed E-state index contributed by atoms with van der Waals surface area (Å²) in [5.41, 5.74) is -0.776. The molecule has 2 N–H and O–H groups in total. The maximum Gasteiger partial charge on any atom is 0.242 e. The lowest BCUT2D eigenvalue weighted by atomic mass is 9.90. The van der Waals surface area contributed by atoms with Gasteiger partial charge in [0, 0.05) is 39.4 Å². The molecule has 0 aromatic carbocycles. The standard InChI is InChI=1S/C31H54N6O6S/c1-11-20(2)27(36(8)26(39)19-34-30(41)31(4,5)35(6)7)23(42-9)17-25(38)37-15-12-13-22(37)28(43-10)21(3)29(40)33-18-24-32-14-16-44-24/h14,16,20-23,27-28H,11-13,15,17-19H2,1-10H3,(H,33,40)(H,34,41). The molecule has 13 heteroatoms. The molecule has 0 radical (unpaired) electrons. The fourth-order valence-electron chi connectivity index (χ4n) is 5.69. The van der Waals surface area contributed by atoms with Gasteiger partial charge in [-0.15, -0.1) is 11.3 Å². The van der Waals surface area contributed by atoms with Crippen LogP contribution < -0.4 is 10.6 Å². The van der Waals surface area contributed by atoms with E-state index in [2.05, 4.69) is 15.6 Å². The third kappa shape index (κ3) is 9.45. The Morgan fingerprint density at radius 3 is 2.36 bits per heavy atom. The number of likely N-dealkylation sites (N-methyl/N-ethyl adjacent to an activating group) is 2. The van der Waals surface area contributed by atoms with Gasteiger partial charge in [0.15, 0.2) is 0 Å². The highest BCUT2D eigenvalue weighted by molar-refractivity contribution is 7.09. The summed E-state index contributed by atoms with van der Waals surface area (Å²) >= 11 is 1.48. The molecule has 44 heavy (non-hydrogen) atoms. The van der Waals surface area contributed by atoms with Gasteiger partial charge in [0.2, 0.25) is 23.6 Å². The van der Waals surface area contributed by atoms with E-state index in [1.807, 2.05) is 45.1 Å². The van der Waals surface area contributed by atoms with Crippen molar-refractivity contribution in [1.29, 1.82) is 0 Å². The average Bonchev–Trinajstić information content (AvgIpc) is 3.70. The van der Waals surface area contributed by atoms with Crippen LogP contribution >= 0.6 is 11.3 Å². The van der Waals surface area contributed by atoms with E-state index >= 15 is 0 Å². The van der Waals surface area contributed by atoms with Crippen molar-refractivity contribution in [2.75, 3.05) is 48.5 Å². The smallest absolute Gasteiger partial charge is 0.242 e. The molecule has 1 aromatic heterocycles. The SMILES string of the molecule is CCC(C)C(C(CC(=O)N1CCCC1C(OC)C(C)C(=O)NCc1nccs1)OC)N(C)C(=O)CNC(=O)C(C)(C)N(C)C. The molecule has 0 saturated carbocycles. The number of carbonyl (C=O) groups excluding carboxylic acids is 4. The van der Waals surface area contributed by atoms with Crippen LogP contribution in [0, 0.1) is 11.8 Å². The number of likely N-dealkylation sites (tertiary alicyclic amines) is 1. The molecule has 2 rings (SSSR count). The summed E-state index contributed by atoms with van der Waals surface area (Å²) < 4.78 is 11.7. The van der Waals surface area contributed by atoms with Crippen molar-refractivity contribution in [2.45, 2.75) is 96.7 Å². The van der Waals surface area contributed by atoms with Gasteiger partial charge in [0.1, 0.15) is 5.01 Å². The Labute approximate surface area is 267 Å². The molecule has 0 spiro atoms. The van der Waals surface area contributed by atoms with Gasteiger partial charge in [-0.1, -0.05) is 27.2 Å². The lowest BCUT2D eigenvalue weighted by Gasteiger charge is -2.39. The third-order valence-electron chi connectivity index (χ3n) is 9.28. The van der Waals surface area contributed by atoms with Crippen molar-refractivity contribution in [3.8, 4) is 0 Å². The van der Waals surface area contributed by atoms with Gasteiger partial charge in [-0.25, -0.2) is 4.98 Å². The Balaban J connectivity index is 2.13. The maximum atomic E-state index is 13.8. The predicted molar refractivity (Wildman–Crippen MR) is 171 cm³/mol. The highest BCUT2D eigenvalue weighted by Gasteiger charge is 2.42. The Morgan fingerprint density at radius 2 is 1.82 bits per heavy atom. The summed E-state index contributed by atoms with van der Waals surface area (Å²) in [7, 11) is 8.45. The molecular weight excluding hydrogens is 584 g/mol. The lowest BCUT2D eigenvalue weighted by molar-refractivity contribution is -0.146. The second kappa shape index (κ2) is 17.2. The number of aromatic nitrogens is 1. The van der Waals surface area contributed by atoms with Crippen molar-refractivity contribution in [1.82, 2.24) is 30.3 Å². The molecule has 1 fully saturated rings. The average molecular weight is 639 g/mol. The fraction of sp³-hybridized carbons (Fsp3) is 0.774. The summed E-state index contributed by atoms with van der Waals surface area (Å²) in [6, 6.07) is -0.655. The Hall–Kier alpha value is -2.61. The quantitative estimate of drug-likeness (QED) is 0.265. The van der Waals surface area contributed by atoms with Crippen molar-refractivity contribution >= 4 is 35.0 Å². The number of ether oxygens (including phenoxy) is 2. The van der Waals surface area contributed by atoms with Crippen LogP contribution in [-0.4, -0.2) is 122 Å². The normalized spacial score (nSPS) is 18.8. The van der Waals surface area contributed by atoms with E-state index in [1.54, 1.807) is 51.1 Å². The van der Waals surface area contributed by atoms with E-state index in [0.717, 1.165) is 24.3 Å². The number of nitrogens with zero attached hydrogens (tertiary/aromatic N) is 4. The van der Waals surface area contributed by atoms with Crippen molar-refractivity contribution in [3.63, 3.8) is 0 Å². The Bertz CT molecular complexity index is 1080. The fourth-order valence-corrected chi connectivity index (χ4v) is 6.25. The maximum absolute atomic E-state index is 13.8. The van der Waals surface area contributed by atoms with Gasteiger partial charge in [-0.3, -0.25) is 24.1 Å². The van der Waals surface area contributed by atoms with Crippen LogP contribution in [0.1, 0.15) is 65.3 Å². The molecule has 250 valence electrons. The number of hydrogen-bond acceptors (Lipinski definition) is 9. The number of rotatable bonds is 17. The number of hydrogen-bond donors (Lipinski definition) is 2. The van der Waals surface area contributed by atoms with Gasteiger partial charge < -0.3 is 29.9 Å². The second-order valence-electron chi connectivity index (χ2n) is 12.4. The van der Waals surface area contributed by atoms with E-state index in [9.17, 15) is 19.2 Å². The molecule has 0 aliphatic carbocycles. The van der Waals surface area contributed by atoms with Crippen LogP contribution in [0.3, 0.4) is 0 Å². The summed E-state index contributed by atoms with van der Waals surface area (Å²) in [6.07, 6.45) is 3.01. The molecule has 1 aliphatic heterocycles. The monoisotopic (exact) mass is 638 g/mol. The first kappa shape index (κ1) is 37.6. The number of methoxy groups -OCH3 is 2. The minimum Gasteiger partial charge on any atom is -0.379 e. The first-order valence-electron chi connectivity index (χ1n) is 15.4. The number of nitrogens with one attached hydrogen (secondary N) is 2. The topological polar surface area (TPSA) is 133 Å². The van der Waals surface area contributed by atoms with Crippen LogP contribution in [0.2, 0.25) is 0 Å². The van der Waals surface area contributed by atoms with Crippen LogP contribution in [0.15, 0.2) is 11.6 Å². The number of carbonyl (C=O) groups is 4. The van der Waals surface area contributed by atoms with Gasteiger partial charge in [-0.2, -0.15) is 0 Å². The summed E-state index contributed by atoms with van der Waals surface area (Å²) in [4.78, 5) is 62.3. The van der Waals surface area contributed by atoms with Gasteiger partial charge in [0.25, 0.3) is 0 Å². The molecule has 2 heterocycles. The number of amides is 4. The zero-order valence-electron chi connectivity index (χ0n) is 28.2. The lowest BCUT2D eigenvalue weighted by Crippen LogP contribution is -2.56. The summed E-state index contributed by atoms with van der Waals surface area (Å²) in [5, 5.41) is 8.38. The first-order chi connectivity index (χ1) is 20.7. The largest absolute Gasteiger partial charge is 0.379 e. The molecule has 1 aromatic rings. The molecule has 0 bridgehead atoms. The molecule has 6 atom stereocenters. The highest BCUT2D eigenvalue weighted by atomic mass is 32.1. The minimum atomic E-state index is -0.776. The predicted octanol–water partition coefficient (Wildman–Crippen LogP) is 2.14. The third-order valence-corrected chi connectivity index (χ3v) is 10.1. The van der Waals surface area contributed by atoms with Crippen molar-refractivity contribution < 1.29 is 28.7 Å². The highest BCUT2D eigenvalue weighted by Crippen LogP contribution is 2.29. The van der Waals surface area contributed by atoms with Crippen molar-refractivity contribution in [2.24, 2.45) is 11.8 Å². The van der Waals surface area contributed by atoms with E-state index in [4.69, 9.17) is 9.47 Å². The summed E-state index contributed by atoms with van der Waals surface area (Å²) in [5.74, 6) is -1.23. The van der Waals surface area contributed by atoms with E-state index < -0.39 is 29.7 Å². The molecule has 4 amide bonds. The van der Waals surface area contributed by atoms with Crippen molar-refractivity contribution in [3.05, 3.63) is 16.6 Å². The van der Waals surface area contributed by atoms with Crippen LogP contribution in [-0.2, 0) is 35.2 Å². The Morgan fingerprint density at radius 1 is 1.14 bits per heavy atom. The second-order valence-corrected chi connectivity index (χ2v) is 13.4. The molecule has 12 nitrogen and oxygen atoms in total. The van der Waals surface area contributed by atoms with E-state index in [1.165, 1.54) is 11.3 Å². The van der Waals surface area contributed by atoms with Gasteiger partial charge >= 0.3 is 0 Å². The first-order valence-corrected chi connectivity index (χ1v) is 16.3. The van der Waals surface area contributed by atoms with Gasteiger partial charge in [0.05, 0.1) is 55.3 Å². The molecular formula is C31H54N6O6S. The van der Waals surface area contributed by atoms with Gasteiger partial charge in [-0.05, 0) is 46.7 Å². The summed E-state index contributed by atoms with van der Waals surface area (Å²) in [6.45, 7) is 10.2. The van der Waals surface area contributed by atoms with E-state index in [0.29, 0.717) is 13.1 Å². The van der Waals surface area contributed by atoms with Crippen LogP contribution in [0.25, 0.3) is 0 Å². The molecule has 1 saturated heterocycles. The van der Waals surface area contributed by atoms with Crippen LogP contribution in [0.5, 0.6) is 0 Å². The van der Waals surface area contributed by atoms with Crippen LogP contribution in [0.4, 0.5) is 0 Å². The zero-order valence-corrected chi connectivity index (χ0v) is 29.0. The van der Waals surface area contributed by atoms with E-state index in [-0.39, 0.29) is 48.6 Å².